The van der Waals surface area contributed by atoms with E-state index in [2.05, 4.69) is 10.3 Å². The first kappa shape index (κ1) is 23.5. The van der Waals surface area contributed by atoms with Crippen LogP contribution in [0.3, 0.4) is 0 Å². The molecule has 37 heavy (non-hydrogen) atoms. The van der Waals surface area contributed by atoms with E-state index in [0.29, 0.717) is 53.3 Å². The van der Waals surface area contributed by atoms with Crippen molar-refractivity contribution in [3.63, 3.8) is 0 Å². The van der Waals surface area contributed by atoms with Crippen LogP contribution >= 0.6 is 22.9 Å². The van der Waals surface area contributed by atoms with Crippen LogP contribution in [-0.4, -0.2) is 52.8 Å². The number of fused-ring (bicyclic) bond motifs is 2. The van der Waals surface area contributed by atoms with Crippen molar-refractivity contribution >= 4 is 40.4 Å². The molecule has 1 N–H and O–H groups in total. The lowest BCUT2D eigenvalue weighted by molar-refractivity contribution is -0.133. The maximum absolute atomic E-state index is 13.7. The first-order valence-electron chi connectivity index (χ1n) is 12.0. The number of rotatable bonds is 3. The third-order valence-electron chi connectivity index (χ3n) is 6.55. The molecule has 7 nitrogen and oxygen atoms in total. The third kappa shape index (κ3) is 4.65. The van der Waals surface area contributed by atoms with Crippen molar-refractivity contribution in [2.75, 3.05) is 31.5 Å². The summed E-state index contributed by atoms with van der Waals surface area (Å²) in [5.74, 6) is 1.16. The number of nitrogens with zero attached hydrogens (tertiary/aromatic N) is 3. The SMILES string of the molecule is O=C(c1ccc(-c2ccccn2)s1)N1CCN(C(=O)C2Nc3cc(Cl)ccc3Oc3ccccc32)CC1. The zero-order chi connectivity index (χ0) is 25.4. The number of piperazine rings is 1. The lowest BCUT2D eigenvalue weighted by atomic mass is 10.0. The van der Waals surface area contributed by atoms with Gasteiger partial charge in [-0.2, -0.15) is 0 Å². The molecule has 2 aliphatic heterocycles. The summed E-state index contributed by atoms with van der Waals surface area (Å²) in [5.41, 5.74) is 2.28. The predicted molar refractivity (Wildman–Crippen MR) is 144 cm³/mol. The van der Waals surface area contributed by atoms with Gasteiger partial charge in [-0.15, -0.1) is 11.3 Å². The highest BCUT2D eigenvalue weighted by atomic mass is 35.5. The number of hydrogen-bond donors (Lipinski definition) is 1. The number of benzene rings is 2. The van der Waals surface area contributed by atoms with E-state index in [9.17, 15) is 9.59 Å². The Hall–Kier alpha value is -3.88. The Morgan fingerprint density at radius 1 is 0.919 bits per heavy atom. The van der Waals surface area contributed by atoms with Gasteiger partial charge in [0.05, 0.1) is 21.1 Å². The largest absolute Gasteiger partial charge is 0.455 e. The number of hydrogen-bond acceptors (Lipinski definition) is 6. The van der Waals surface area contributed by atoms with Gasteiger partial charge in [-0.25, -0.2) is 0 Å². The van der Waals surface area contributed by atoms with Crippen molar-refractivity contribution in [3.8, 4) is 22.1 Å². The summed E-state index contributed by atoms with van der Waals surface area (Å²) in [6, 6.07) is 21.7. The molecule has 2 amide bonds. The Labute approximate surface area is 223 Å². The molecule has 1 saturated heterocycles. The van der Waals surface area contributed by atoms with E-state index in [1.165, 1.54) is 11.3 Å². The van der Waals surface area contributed by atoms with Crippen molar-refractivity contribution in [3.05, 3.63) is 94.5 Å². The second-order valence-corrected chi connectivity index (χ2v) is 10.4. The lowest BCUT2D eigenvalue weighted by Gasteiger charge is -2.36. The molecular formula is C28H23ClN4O3S. The highest BCUT2D eigenvalue weighted by molar-refractivity contribution is 7.17. The first-order chi connectivity index (χ1) is 18.1. The molecule has 6 rings (SSSR count). The maximum Gasteiger partial charge on any atom is 0.264 e. The zero-order valence-electron chi connectivity index (χ0n) is 19.8. The van der Waals surface area contributed by atoms with Crippen molar-refractivity contribution in [1.82, 2.24) is 14.8 Å². The Kier molecular flexibility index (Phi) is 6.28. The molecule has 2 aromatic heterocycles. The molecular weight excluding hydrogens is 508 g/mol. The van der Waals surface area contributed by atoms with Crippen LogP contribution in [-0.2, 0) is 4.79 Å². The quantitative estimate of drug-likeness (QED) is 0.367. The van der Waals surface area contributed by atoms with Crippen molar-refractivity contribution in [1.29, 1.82) is 0 Å². The number of nitrogens with one attached hydrogen (secondary N) is 1. The second-order valence-electron chi connectivity index (χ2n) is 8.85. The molecule has 1 fully saturated rings. The van der Waals surface area contributed by atoms with Gasteiger partial charge in [-0.1, -0.05) is 35.9 Å². The molecule has 4 aromatic rings. The molecule has 2 aliphatic rings. The highest BCUT2D eigenvalue weighted by Gasteiger charge is 2.34. The smallest absolute Gasteiger partial charge is 0.264 e. The summed E-state index contributed by atoms with van der Waals surface area (Å²) in [4.78, 5) is 36.5. The van der Waals surface area contributed by atoms with E-state index in [1.54, 1.807) is 24.4 Å². The van der Waals surface area contributed by atoms with Gasteiger partial charge < -0.3 is 19.9 Å². The number of amides is 2. The number of thiophene rings is 1. The number of halogens is 1. The van der Waals surface area contributed by atoms with E-state index in [4.69, 9.17) is 16.3 Å². The van der Waals surface area contributed by atoms with Gasteiger partial charge in [0.2, 0.25) is 5.91 Å². The van der Waals surface area contributed by atoms with E-state index in [-0.39, 0.29) is 11.8 Å². The molecule has 0 radical (unpaired) electrons. The van der Waals surface area contributed by atoms with Crippen LogP contribution in [0, 0.1) is 0 Å². The van der Waals surface area contributed by atoms with Gasteiger partial charge in [-0.3, -0.25) is 14.6 Å². The van der Waals surface area contributed by atoms with Gasteiger partial charge in [0.15, 0.2) is 5.75 Å². The molecule has 0 aliphatic carbocycles. The molecule has 9 heteroatoms. The van der Waals surface area contributed by atoms with Crippen LogP contribution in [0.2, 0.25) is 5.02 Å². The Morgan fingerprint density at radius 3 is 2.51 bits per heavy atom. The monoisotopic (exact) mass is 530 g/mol. The van der Waals surface area contributed by atoms with Crippen LogP contribution in [0.4, 0.5) is 5.69 Å². The number of carbonyl (C=O) groups excluding carboxylic acids is 2. The fraction of sp³-hybridized carbons (Fsp3) is 0.179. The second kappa shape index (κ2) is 9.88. The van der Waals surface area contributed by atoms with Crippen LogP contribution in [0.15, 0.2) is 79.0 Å². The summed E-state index contributed by atoms with van der Waals surface area (Å²) in [6.07, 6.45) is 1.74. The molecule has 1 unspecified atom stereocenters. The topological polar surface area (TPSA) is 74.8 Å². The van der Waals surface area contributed by atoms with Crippen LogP contribution in [0.1, 0.15) is 21.3 Å². The van der Waals surface area contributed by atoms with Gasteiger partial charge in [0.25, 0.3) is 5.91 Å². The van der Waals surface area contributed by atoms with Crippen LogP contribution < -0.4 is 10.1 Å². The number of anilines is 1. The summed E-state index contributed by atoms with van der Waals surface area (Å²) in [7, 11) is 0. The average Bonchev–Trinajstić information content (AvgIpc) is 3.37. The standard InChI is InChI=1S/C28H23ClN4O3S/c29-18-8-9-23-21(17-18)31-26(19-5-1-2-7-22(19)36-23)28(35)33-15-13-32(14-16-33)27(34)25-11-10-24(37-25)20-6-3-4-12-30-20/h1-12,17,26,31H,13-16H2. The molecule has 4 heterocycles. The minimum Gasteiger partial charge on any atom is -0.455 e. The number of para-hydroxylation sites is 1. The maximum atomic E-state index is 13.7. The fourth-order valence-corrected chi connectivity index (χ4v) is 5.75. The van der Waals surface area contributed by atoms with Gasteiger partial charge in [-0.05, 0) is 48.5 Å². The Morgan fingerprint density at radius 2 is 1.70 bits per heavy atom. The third-order valence-corrected chi connectivity index (χ3v) is 7.88. The van der Waals surface area contributed by atoms with E-state index >= 15 is 0 Å². The number of ether oxygens (including phenoxy) is 1. The predicted octanol–water partition coefficient (Wildman–Crippen LogP) is 5.71. The summed E-state index contributed by atoms with van der Waals surface area (Å²) >= 11 is 7.66. The van der Waals surface area contributed by atoms with Crippen molar-refractivity contribution in [2.24, 2.45) is 0 Å². The van der Waals surface area contributed by atoms with Gasteiger partial charge >= 0.3 is 0 Å². The Balaban J connectivity index is 1.16. The number of aromatic nitrogens is 1. The fourth-order valence-electron chi connectivity index (χ4n) is 4.63. The van der Waals surface area contributed by atoms with E-state index in [1.807, 2.05) is 64.4 Å². The molecule has 0 spiro atoms. The Bertz CT molecular complexity index is 1470. The van der Waals surface area contributed by atoms with E-state index in [0.717, 1.165) is 16.1 Å². The van der Waals surface area contributed by atoms with Gasteiger partial charge in [0, 0.05) is 43.0 Å². The highest BCUT2D eigenvalue weighted by Crippen LogP contribution is 2.41. The summed E-state index contributed by atoms with van der Waals surface area (Å²) in [6.45, 7) is 1.84. The normalized spacial score (nSPS) is 16.6. The minimum absolute atomic E-state index is 0.0193. The first-order valence-corrected chi connectivity index (χ1v) is 13.2. The van der Waals surface area contributed by atoms with E-state index < -0.39 is 6.04 Å². The average molecular weight is 531 g/mol. The number of carbonyl (C=O) groups is 2. The molecule has 2 aromatic carbocycles. The van der Waals surface area contributed by atoms with Crippen LogP contribution in [0.5, 0.6) is 11.5 Å². The molecule has 0 saturated carbocycles. The molecule has 0 bridgehead atoms. The minimum atomic E-state index is -0.628. The molecule has 1 atom stereocenters. The number of pyridine rings is 1. The molecule has 186 valence electrons. The van der Waals surface area contributed by atoms with Crippen LogP contribution in [0.25, 0.3) is 10.6 Å². The summed E-state index contributed by atoms with van der Waals surface area (Å²) < 4.78 is 6.11. The summed E-state index contributed by atoms with van der Waals surface area (Å²) in [5, 5.41) is 3.90. The van der Waals surface area contributed by atoms with Crippen molar-refractivity contribution in [2.45, 2.75) is 6.04 Å². The lowest BCUT2D eigenvalue weighted by Crippen LogP contribution is -2.52. The van der Waals surface area contributed by atoms with Crippen molar-refractivity contribution < 1.29 is 14.3 Å². The van der Waals surface area contributed by atoms with Gasteiger partial charge in [0.1, 0.15) is 11.8 Å². The zero-order valence-corrected chi connectivity index (χ0v) is 21.3.